The molecule has 0 fully saturated rings. The molecule has 28 heavy (non-hydrogen) atoms. The Morgan fingerprint density at radius 1 is 0.857 bits per heavy atom. The van der Waals surface area contributed by atoms with Crippen molar-refractivity contribution < 1.29 is 9.59 Å². The van der Waals surface area contributed by atoms with Crippen LogP contribution in [0.1, 0.15) is 17.7 Å². The van der Waals surface area contributed by atoms with Gasteiger partial charge in [0.05, 0.1) is 0 Å². The maximum Gasteiger partial charge on any atom is 0.242 e. The molecule has 6 heteroatoms. The lowest BCUT2D eigenvalue weighted by atomic mass is 10.1. The SMILES string of the molecule is CC(=O)Nc1cccc(SC(C(=O)Nc2ccc(I)cc2)c2ccccc2)c1. The molecule has 0 heterocycles. The van der Waals surface area contributed by atoms with Gasteiger partial charge in [-0.25, -0.2) is 0 Å². The summed E-state index contributed by atoms with van der Waals surface area (Å²) in [4.78, 5) is 25.3. The summed E-state index contributed by atoms with van der Waals surface area (Å²) in [5, 5.41) is 5.36. The zero-order valence-corrected chi connectivity index (χ0v) is 18.2. The summed E-state index contributed by atoms with van der Waals surface area (Å²) in [6, 6.07) is 24.9. The number of benzene rings is 3. The third-order valence-electron chi connectivity index (χ3n) is 3.86. The van der Waals surface area contributed by atoms with Crippen molar-refractivity contribution in [1.29, 1.82) is 0 Å². The minimum Gasteiger partial charge on any atom is -0.326 e. The van der Waals surface area contributed by atoms with Gasteiger partial charge >= 0.3 is 0 Å². The summed E-state index contributed by atoms with van der Waals surface area (Å²) in [6.07, 6.45) is 0. The first-order valence-corrected chi connectivity index (χ1v) is 10.6. The average molecular weight is 502 g/mol. The Balaban J connectivity index is 1.84. The number of thioether (sulfide) groups is 1. The molecule has 0 aliphatic heterocycles. The number of amides is 2. The van der Waals surface area contributed by atoms with Gasteiger partial charge in [0.25, 0.3) is 0 Å². The minimum atomic E-state index is -0.423. The van der Waals surface area contributed by atoms with Gasteiger partial charge < -0.3 is 10.6 Å². The smallest absolute Gasteiger partial charge is 0.242 e. The molecule has 3 aromatic rings. The van der Waals surface area contributed by atoms with Crippen LogP contribution < -0.4 is 10.6 Å². The highest BCUT2D eigenvalue weighted by Crippen LogP contribution is 2.37. The summed E-state index contributed by atoms with van der Waals surface area (Å²) in [5.41, 5.74) is 2.39. The van der Waals surface area contributed by atoms with E-state index < -0.39 is 5.25 Å². The quantitative estimate of drug-likeness (QED) is 0.335. The van der Waals surface area contributed by atoms with Crippen LogP contribution in [0.2, 0.25) is 0 Å². The van der Waals surface area contributed by atoms with Crippen LogP contribution in [0, 0.1) is 3.57 Å². The number of nitrogens with one attached hydrogen (secondary N) is 2. The van der Waals surface area contributed by atoms with E-state index >= 15 is 0 Å². The van der Waals surface area contributed by atoms with Gasteiger partial charge in [-0.05, 0) is 70.6 Å². The van der Waals surface area contributed by atoms with E-state index in [-0.39, 0.29) is 11.8 Å². The second-order valence-corrected chi connectivity index (χ2v) is 8.54. The lowest BCUT2D eigenvalue weighted by Crippen LogP contribution is -2.19. The highest BCUT2D eigenvalue weighted by atomic mass is 127. The van der Waals surface area contributed by atoms with Gasteiger partial charge in [-0.1, -0.05) is 36.4 Å². The molecule has 0 aliphatic carbocycles. The van der Waals surface area contributed by atoms with Crippen molar-refractivity contribution in [3.63, 3.8) is 0 Å². The molecule has 3 rings (SSSR count). The second kappa shape index (κ2) is 9.75. The average Bonchev–Trinajstić information content (AvgIpc) is 2.68. The van der Waals surface area contributed by atoms with Crippen molar-refractivity contribution in [3.8, 4) is 0 Å². The fourth-order valence-corrected chi connectivity index (χ4v) is 4.07. The zero-order chi connectivity index (χ0) is 19.9. The number of hydrogen-bond donors (Lipinski definition) is 2. The Kier molecular flexibility index (Phi) is 7.11. The fraction of sp³-hybridized carbons (Fsp3) is 0.0909. The van der Waals surface area contributed by atoms with Crippen LogP contribution in [0.4, 0.5) is 11.4 Å². The van der Waals surface area contributed by atoms with Crippen LogP contribution in [0.3, 0.4) is 0 Å². The van der Waals surface area contributed by atoms with E-state index in [0.29, 0.717) is 5.69 Å². The maximum atomic E-state index is 13.1. The van der Waals surface area contributed by atoms with Crippen molar-refractivity contribution in [3.05, 3.63) is 88.0 Å². The fourth-order valence-electron chi connectivity index (χ4n) is 2.63. The molecule has 0 bridgehead atoms. The Bertz CT molecular complexity index is 962. The number of rotatable bonds is 6. The molecular formula is C22H19IN2O2S. The largest absolute Gasteiger partial charge is 0.326 e. The van der Waals surface area contributed by atoms with Gasteiger partial charge in [0.1, 0.15) is 5.25 Å². The van der Waals surface area contributed by atoms with Crippen molar-refractivity contribution >= 4 is 57.5 Å². The molecule has 0 aliphatic rings. The van der Waals surface area contributed by atoms with Gasteiger partial charge in [0, 0.05) is 26.8 Å². The number of hydrogen-bond acceptors (Lipinski definition) is 3. The maximum absolute atomic E-state index is 13.1. The molecule has 4 nitrogen and oxygen atoms in total. The first-order chi connectivity index (χ1) is 13.5. The lowest BCUT2D eigenvalue weighted by Gasteiger charge is -2.17. The third-order valence-corrected chi connectivity index (χ3v) is 5.83. The van der Waals surface area contributed by atoms with Crippen LogP contribution in [0.15, 0.2) is 83.8 Å². The van der Waals surface area contributed by atoms with Crippen molar-refractivity contribution in [2.24, 2.45) is 0 Å². The van der Waals surface area contributed by atoms with E-state index in [1.54, 1.807) is 0 Å². The van der Waals surface area contributed by atoms with Crippen molar-refractivity contribution in [1.82, 2.24) is 0 Å². The predicted octanol–water partition coefficient (Wildman–Crippen LogP) is 5.72. The summed E-state index contributed by atoms with van der Waals surface area (Å²) in [7, 11) is 0. The topological polar surface area (TPSA) is 58.2 Å². The van der Waals surface area contributed by atoms with Gasteiger partial charge in [-0.3, -0.25) is 9.59 Å². The van der Waals surface area contributed by atoms with E-state index in [0.717, 1.165) is 19.7 Å². The zero-order valence-electron chi connectivity index (χ0n) is 15.2. The van der Waals surface area contributed by atoms with Gasteiger partial charge in [0.15, 0.2) is 0 Å². The molecule has 2 amide bonds. The Labute approximate surface area is 182 Å². The van der Waals surface area contributed by atoms with Crippen molar-refractivity contribution in [2.45, 2.75) is 17.1 Å². The number of halogens is 1. The molecule has 142 valence electrons. The standard InChI is InChI=1S/C22H19IN2O2S/c1-15(26)24-19-8-5-9-20(14-19)28-21(16-6-3-2-4-7-16)22(27)25-18-12-10-17(23)11-13-18/h2-14,21H,1H3,(H,24,26)(H,25,27). The van der Waals surface area contributed by atoms with Gasteiger partial charge in [-0.2, -0.15) is 0 Å². The Morgan fingerprint density at radius 2 is 1.57 bits per heavy atom. The molecule has 2 N–H and O–H groups in total. The van der Waals surface area contributed by atoms with E-state index in [2.05, 4.69) is 33.2 Å². The first-order valence-electron chi connectivity index (χ1n) is 8.67. The van der Waals surface area contributed by atoms with Crippen LogP contribution >= 0.6 is 34.4 Å². The first kappa shape index (κ1) is 20.4. The molecule has 0 aromatic heterocycles. The van der Waals surface area contributed by atoms with E-state index in [4.69, 9.17) is 0 Å². The normalized spacial score (nSPS) is 11.5. The van der Waals surface area contributed by atoms with E-state index in [1.807, 2.05) is 78.9 Å². The molecule has 0 radical (unpaired) electrons. The predicted molar refractivity (Wildman–Crippen MR) is 124 cm³/mol. The van der Waals surface area contributed by atoms with E-state index in [1.165, 1.54) is 18.7 Å². The molecule has 1 unspecified atom stereocenters. The summed E-state index contributed by atoms with van der Waals surface area (Å²) < 4.78 is 1.11. The van der Waals surface area contributed by atoms with Crippen molar-refractivity contribution in [2.75, 3.05) is 10.6 Å². The van der Waals surface area contributed by atoms with Gasteiger partial charge in [-0.15, -0.1) is 11.8 Å². The van der Waals surface area contributed by atoms with E-state index in [9.17, 15) is 9.59 Å². The number of carbonyl (C=O) groups is 2. The summed E-state index contributed by atoms with van der Waals surface area (Å²) in [6.45, 7) is 1.47. The van der Waals surface area contributed by atoms with Crippen LogP contribution in [-0.2, 0) is 9.59 Å². The minimum absolute atomic E-state index is 0.0951. The summed E-state index contributed by atoms with van der Waals surface area (Å²) in [5.74, 6) is -0.222. The Hall–Kier alpha value is -2.32. The molecule has 0 spiro atoms. The Morgan fingerprint density at radius 3 is 2.25 bits per heavy atom. The van der Waals surface area contributed by atoms with Crippen LogP contribution in [-0.4, -0.2) is 11.8 Å². The third kappa shape index (κ3) is 5.84. The molecule has 1 atom stereocenters. The monoisotopic (exact) mass is 502 g/mol. The lowest BCUT2D eigenvalue weighted by molar-refractivity contribution is -0.116. The highest BCUT2D eigenvalue weighted by molar-refractivity contribution is 14.1. The molecule has 0 saturated heterocycles. The van der Waals surface area contributed by atoms with Crippen LogP contribution in [0.5, 0.6) is 0 Å². The number of anilines is 2. The summed E-state index contributed by atoms with van der Waals surface area (Å²) >= 11 is 3.68. The molecule has 3 aromatic carbocycles. The molecular weight excluding hydrogens is 483 g/mol. The van der Waals surface area contributed by atoms with Gasteiger partial charge in [0.2, 0.25) is 11.8 Å². The second-order valence-electron chi connectivity index (χ2n) is 6.11. The van der Waals surface area contributed by atoms with Crippen LogP contribution in [0.25, 0.3) is 0 Å². The molecule has 0 saturated carbocycles. The highest BCUT2D eigenvalue weighted by Gasteiger charge is 2.22. The number of carbonyl (C=O) groups excluding carboxylic acids is 2.